The van der Waals surface area contributed by atoms with Crippen LogP contribution in [0.3, 0.4) is 0 Å². The zero-order chi connectivity index (χ0) is 18.1. The summed E-state index contributed by atoms with van der Waals surface area (Å²) in [5.41, 5.74) is 1.09. The van der Waals surface area contributed by atoms with E-state index in [0.717, 1.165) is 25.1 Å². The summed E-state index contributed by atoms with van der Waals surface area (Å²) in [4.78, 5) is 13.6. The number of nitriles is 1. The number of hydrogen-bond acceptors (Lipinski definition) is 5. The number of benzene rings is 1. The van der Waals surface area contributed by atoms with Gasteiger partial charge in [-0.05, 0) is 37.5 Å². The zero-order valence-corrected chi connectivity index (χ0v) is 15.1. The number of unbranched alkanes of at least 4 members (excludes halogenated alkanes) is 1. The van der Waals surface area contributed by atoms with Crippen LogP contribution in [0.5, 0.6) is 11.5 Å². The molecule has 1 amide bonds. The Morgan fingerprint density at radius 2 is 2.24 bits per heavy atom. The predicted molar refractivity (Wildman–Crippen MR) is 95.5 cm³/mol. The van der Waals surface area contributed by atoms with E-state index in [9.17, 15) is 4.79 Å². The number of likely N-dealkylation sites (tertiary alicyclic amines) is 1. The van der Waals surface area contributed by atoms with Crippen molar-refractivity contribution in [3.63, 3.8) is 0 Å². The minimum absolute atomic E-state index is 0.226. The lowest BCUT2D eigenvalue weighted by Crippen LogP contribution is -2.39. The van der Waals surface area contributed by atoms with Crippen molar-refractivity contribution in [2.24, 2.45) is 0 Å². The highest BCUT2D eigenvalue weighted by Gasteiger charge is 2.21. The number of ether oxygens (including phenoxy) is 2. The molecule has 0 saturated carbocycles. The van der Waals surface area contributed by atoms with Crippen molar-refractivity contribution in [1.29, 1.82) is 5.26 Å². The molecule has 1 aliphatic heterocycles. The van der Waals surface area contributed by atoms with Crippen LogP contribution in [0.4, 0.5) is 0 Å². The molecular weight excluding hydrogens is 318 g/mol. The van der Waals surface area contributed by atoms with Gasteiger partial charge in [0, 0.05) is 38.5 Å². The molecule has 0 bridgehead atoms. The third-order valence-corrected chi connectivity index (χ3v) is 4.24. The number of rotatable bonds is 10. The van der Waals surface area contributed by atoms with Gasteiger partial charge < -0.3 is 19.7 Å². The third kappa shape index (κ3) is 5.95. The molecule has 1 fully saturated rings. The van der Waals surface area contributed by atoms with Crippen LogP contribution in [0.1, 0.15) is 38.2 Å². The molecule has 0 radical (unpaired) electrons. The van der Waals surface area contributed by atoms with Crippen molar-refractivity contribution in [1.82, 2.24) is 10.2 Å². The fourth-order valence-corrected chi connectivity index (χ4v) is 2.86. The van der Waals surface area contributed by atoms with Crippen molar-refractivity contribution in [3.8, 4) is 17.6 Å². The van der Waals surface area contributed by atoms with E-state index in [1.54, 1.807) is 7.11 Å². The van der Waals surface area contributed by atoms with E-state index in [-0.39, 0.29) is 11.9 Å². The Balaban J connectivity index is 1.86. The molecule has 1 saturated heterocycles. The summed E-state index contributed by atoms with van der Waals surface area (Å²) >= 11 is 0. The van der Waals surface area contributed by atoms with Gasteiger partial charge in [-0.3, -0.25) is 4.79 Å². The number of amides is 1. The number of carbonyl (C=O) groups is 1. The van der Waals surface area contributed by atoms with Crippen LogP contribution in [0.2, 0.25) is 0 Å². The van der Waals surface area contributed by atoms with E-state index in [4.69, 9.17) is 14.7 Å². The molecular formula is C19H27N3O3. The third-order valence-electron chi connectivity index (χ3n) is 4.24. The van der Waals surface area contributed by atoms with Gasteiger partial charge in [-0.15, -0.1) is 0 Å². The van der Waals surface area contributed by atoms with Gasteiger partial charge in [-0.2, -0.15) is 5.26 Å². The second-order valence-corrected chi connectivity index (χ2v) is 6.32. The van der Waals surface area contributed by atoms with Crippen LogP contribution in [0.15, 0.2) is 18.2 Å². The molecule has 0 unspecified atom stereocenters. The first-order valence-electron chi connectivity index (χ1n) is 8.82. The summed E-state index contributed by atoms with van der Waals surface area (Å²) in [6.07, 6.45) is 2.83. The van der Waals surface area contributed by atoms with E-state index < -0.39 is 0 Å². The van der Waals surface area contributed by atoms with Crippen LogP contribution in [-0.2, 0) is 11.3 Å². The lowest BCUT2D eigenvalue weighted by Gasteiger charge is -2.22. The molecule has 0 spiro atoms. The Morgan fingerprint density at radius 3 is 2.92 bits per heavy atom. The SMILES string of the molecule is COc1ccc(CN[C@H](C)CN2CCCC2=O)cc1OCCCC#N. The highest BCUT2D eigenvalue weighted by Crippen LogP contribution is 2.28. The van der Waals surface area contributed by atoms with E-state index in [0.29, 0.717) is 43.9 Å². The molecule has 0 aliphatic carbocycles. The summed E-state index contributed by atoms with van der Waals surface area (Å²) in [5, 5.41) is 12.0. The Labute approximate surface area is 149 Å². The average molecular weight is 345 g/mol. The normalized spacial score (nSPS) is 15.1. The maximum Gasteiger partial charge on any atom is 0.222 e. The number of carbonyl (C=O) groups excluding carboxylic acids is 1. The molecule has 1 aromatic rings. The maximum atomic E-state index is 11.7. The molecule has 1 atom stereocenters. The Morgan fingerprint density at radius 1 is 1.40 bits per heavy atom. The van der Waals surface area contributed by atoms with Gasteiger partial charge >= 0.3 is 0 Å². The Bertz CT molecular complexity index is 612. The molecule has 1 aromatic carbocycles. The molecule has 1 aliphatic rings. The molecule has 2 rings (SSSR count). The Kier molecular flexibility index (Phi) is 7.55. The van der Waals surface area contributed by atoms with Crippen molar-refractivity contribution in [2.75, 3.05) is 26.8 Å². The van der Waals surface area contributed by atoms with Crippen LogP contribution in [0.25, 0.3) is 0 Å². The van der Waals surface area contributed by atoms with E-state index in [1.165, 1.54) is 0 Å². The number of nitrogens with one attached hydrogen (secondary N) is 1. The summed E-state index contributed by atoms with van der Waals surface area (Å²) in [7, 11) is 1.62. The lowest BCUT2D eigenvalue weighted by molar-refractivity contribution is -0.127. The van der Waals surface area contributed by atoms with Crippen LogP contribution < -0.4 is 14.8 Å². The first-order valence-corrected chi connectivity index (χ1v) is 8.82. The van der Waals surface area contributed by atoms with Gasteiger partial charge in [0.2, 0.25) is 5.91 Å². The Hall–Kier alpha value is -2.26. The average Bonchev–Trinajstić information content (AvgIpc) is 3.02. The maximum absolute atomic E-state index is 11.7. The molecule has 0 aromatic heterocycles. The highest BCUT2D eigenvalue weighted by molar-refractivity contribution is 5.78. The van der Waals surface area contributed by atoms with Crippen molar-refractivity contribution in [3.05, 3.63) is 23.8 Å². The first-order chi connectivity index (χ1) is 12.1. The minimum atomic E-state index is 0.226. The summed E-state index contributed by atoms with van der Waals surface area (Å²) in [6.45, 7) is 4.89. The van der Waals surface area contributed by atoms with Crippen molar-refractivity contribution in [2.45, 2.75) is 45.2 Å². The van der Waals surface area contributed by atoms with Crippen LogP contribution in [-0.4, -0.2) is 43.7 Å². The van der Waals surface area contributed by atoms with Crippen LogP contribution in [0, 0.1) is 11.3 Å². The van der Waals surface area contributed by atoms with Crippen molar-refractivity contribution < 1.29 is 14.3 Å². The first kappa shape index (κ1) is 19.1. The van der Waals surface area contributed by atoms with Gasteiger partial charge in [0.05, 0.1) is 19.8 Å². The number of nitrogens with zero attached hydrogens (tertiary/aromatic N) is 2. The van der Waals surface area contributed by atoms with Gasteiger partial charge in [-0.25, -0.2) is 0 Å². The second-order valence-electron chi connectivity index (χ2n) is 6.32. The van der Waals surface area contributed by atoms with E-state index in [1.807, 2.05) is 23.1 Å². The lowest BCUT2D eigenvalue weighted by atomic mass is 10.2. The quantitative estimate of drug-likeness (QED) is 0.660. The van der Waals surface area contributed by atoms with Gasteiger partial charge in [0.25, 0.3) is 0 Å². The fourth-order valence-electron chi connectivity index (χ4n) is 2.86. The highest BCUT2D eigenvalue weighted by atomic mass is 16.5. The summed E-state index contributed by atoms with van der Waals surface area (Å²) < 4.78 is 11.1. The molecule has 25 heavy (non-hydrogen) atoms. The predicted octanol–water partition coefficient (Wildman–Crippen LogP) is 2.48. The monoisotopic (exact) mass is 345 g/mol. The summed E-state index contributed by atoms with van der Waals surface area (Å²) in [5.74, 6) is 1.64. The van der Waals surface area contributed by atoms with E-state index in [2.05, 4.69) is 18.3 Å². The van der Waals surface area contributed by atoms with Gasteiger partial charge in [0.1, 0.15) is 0 Å². The smallest absolute Gasteiger partial charge is 0.222 e. The largest absolute Gasteiger partial charge is 0.493 e. The minimum Gasteiger partial charge on any atom is -0.493 e. The van der Waals surface area contributed by atoms with Crippen LogP contribution >= 0.6 is 0 Å². The number of methoxy groups -OCH3 is 1. The topological polar surface area (TPSA) is 74.6 Å². The fraction of sp³-hybridized carbons (Fsp3) is 0.579. The standard InChI is InChI=1S/C19H27N3O3/c1-15(14-22-10-5-6-19(22)23)21-13-16-7-8-17(24-2)18(12-16)25-11-4-3-9-20/h7-8,12,15,21H,3-6,10-11,13-14H2,1-2H3/t15-/m1/s1. The summed E-state index contributed by atoms with van der Waals surface area (Å²) in [6, 6.07) is 8.20. The second kappa shape index (κ2) is 9.90. The molecule has 136 valence electrons. The van der Waals surface area contributed by atoms with Gasteiger partial charge in [0.15, 0.2) is 11.5 Å². The molecule has 1 heterocycles. The molecule has 6 heteroatoms. The molecule has 6 nitrogen and oxygen atoms in total. The van der Waals surface area contributed by atoms with Crippen molar-refractivity contribution >= 4 is 5.91 Å². The molecule has 1 N–H and O–H groups in total. The zero-order valence-electron chi connectivity index (χ0n) is 15.1. The van der Waals surface area contributed by atoms with E-state index >= 15 is 0 Å². The number of hydrogen-bond donors (Lipinski definition) is 1. The van der Waals surface area contributed by atoms with Gasteiger partial charge in [-0.1, -0.05) is 6.07 Å².